The normalized spacial score (nSPS) is 10.8. The second kappa shape index (κ2) is 7.08. The topological polar surface area (TPSA) is 85.2 Å². The van der Waals surface area contributed by atoms with Crippen LogP contribution in [0.5, 0.6) is 11.5 Å². The lowest BCUT2D eigenvalue weighted by Crippen LogP contribution is -2.09. The van der Waals surface area contributed by atoms with Gasteiger partial charge in [-0.3, -0.25) is 4.98 Å². The number of phenolic OH excluding ortho intramolecular Hbond substituents is 1. The monoisotopic (exact) mass is 371 g/mol. The Morgan fingerprint density at radius 2 is 1.75 bits per heavy atom. The van der Waals surface area contributed by atoms with E-state index in [0.717, 1.165) is 27.6 Å². The number of benzene rings is 2. The summed E-state index contributed by atoms with van der Waals surface area (Å²) in [4.78, 5) is 24.8. The molecule has 0 aliphatic rings. The van der Waals surface area contributed by atoms with Crippen LogP contribution in [0, 0.1) is 13.8 Å². The van der Waals surface area contributed by atoms with Crippen LogP contribution in [0.1, 0.15) is 21.5 Å². The lowest BCUT2D eigenvalue weighted by Gasteiger charge is -2.12. The fourth-order valence-electron chi connectivity index (χ4n) is 3.15. The number of pyridine rings is 1. The molecule has 0 unspecified atom stereocenters. The number of esters is 1. The summed E-state index contributed by atoms with van der Waals surface area (Å²) in [5, 5.41) is 11.0. The van der Waals surface area contributed by atoms with E-state index >= 15 is 0 Å². The van der Waals surface area contributed by atoms with Gasteiger partial charge in [0.05, 0.1) is 23.5 Å². The maximum atomic E-state index is 12.7. The summed E-state index contributed by atoms with van der Waals surface area (Å²) in [6, 6.07) is 11.1. The number of carbonyl (C=O) groups is 1. The first-order valence-corrected chi connectivity index (χ1v) is 8.69. The molecule has 28 heavy (non-hydrogen) atoms. The van der Waals surface area contributed by atoms with E-state index in [9.17, 15) is 9.90 Å². The van der Waals surface area contributed by atoms with Gasteiger partial charge in [0.1, 0.15) is 12.1 Å². The fraction of sp³-hybridized carbons (Fsp3) is 0.0909. The van der Waals surface area contributed by atoms with Gasteiger partial charge in [-0.1, -0.05) is 6.07 Å². The Labute approximate surface area is 161 Å². The van der Waals surface area contributed by atoms with Crippen molar-refractivity contribution < 1.29 is 14.6 Å². The Kier molecular flexibility index (Phi) is 4.45. The number of ether oxygens (including phenoxy) is 1. The van der Waals surface area contributed by atoms with Crippen LogP contribution in [0.25, 0.3) is 22.0 Å². The minimum absolute atomic E-state index is 0.269. The average molecular weight is 371 g/mol. The number of aromatic hydroxyl groups is 1. The zero-order valence-electron chi connectivity index (χ0n) is 15.4. The largest absolute Gasteiger partial charge is 0.507 e. The Hall–Kier alpha value is -3.80. The minimum atomic E-state index is -0.518. The van der Waals surface area contributed by atoms with Gasteiger partial charge in [0, 0.05) is 11.6 Å². The van der Waals surface area contributed by atoms with Gasteiger partial charge in [-0.05, 0) is 66.4 Å². The SMILES string of the molecule is Cc1cc(-c2cc(C(=O)Oc3cncnc3)cc3ncccc23)cc(C)c1O. The molecule has 6 heteroatoms. The molecule has 2 aromatic heterocycles. The number of carbonyl (C=O) groups excluding carboxylic acids is 1. The highest BCUT2D eigenvalue weighted by Gasteiger charge is 2.15. The number of hydrogen-bond acceptors (Lipinski definition) is 6. The number of phenols is 1. The van der Waals surface area contributed by atoms with E-state index in [1.807, 2.05) is 38.1 Å². The summed E-state index contributed by atoms with van der Waals surface area (Å²) >= 11 is 0. The van der Waals surface area contributed by atoms with Crippen molar-refractivity contribution in [2.75, 3.05) is 0 Å². The van der Waals surface area contributed by atoms with E-state index in [1.165, 1.54) is 18.7 Å². The molecule has 0 saturated heterocycles. The summed E-state index contributed by atoms with van der Waals surface area (Å²) in [7, 11) is 0. The predicted octanol–water partition coefficient (Wildman–Crippen LogP) is 4.23. The quantitative estimate of drug-likeness (QED) is 0.542. The number of hydrogen-bond donors (Lipinski definition) is 1. The Morgan fingerprint density at radius 1 is 1.04 bits per heavy atom. The van der Waals surface area contributed by atoms with E-state index in [1.54, 1.807) is 18.3 Å². The maximum Gasteiger partial charge on any atom is 0.343 e. The summed E-state index contributed by atoms with van der Waals surface area (Å²) in [6.45, 7) is 3.69. The summed E-state index contributed by atoms with van der Waals surface area (Å²) in [6.07, 6.45) is 5.90. The predicted molar refractivity (Wildman–Crippen MR) is 105 cm³/mol. The molecular weight excluding hydrogens is 354 g/mol. The highest BCUT2D eigenvalue weighted by atomic mass is 16.5. The molecule has 0 aliphatic carbocycles. The lowest BCUT2D eigenvalue weighted by atomic mass is 9.95. The number of fused-ring (bicyclic) bond motifs is 1. The first kappa shape index (κ1) is 17.6. The van der Waals surface area contributed by atoms with Crippen molar-refractivity contribution in [3.63, 3.8) is 0 Å². The lowest BCUT2D eigenvalue weighted by molar-refractivity contribution is 0.0733. The zero-order chi connectivity index (χ0) is 19.7. The molecule has 0 radical (unpaired) electrons. The molecule has 0 amide bonds. The van der Waals surface area contributed by atoms with Crippen molar-refractivity contribution >= 4 is 16.9 Å². The summed E-state index contributed by atoms with van der Waals surface area (Å²) in [5.74, 6) is 0.0214. The minimum Gasteiger partial charge on any atom is -0.507 e. The molecule has 2 heterocycles. The van der Waals surface area contributed by atoms with E-state index in [-0.39, 0.29) is 11.5 Å². The van der Waals surface area contributed by atoms with E-state index in [4.69, 9.17) is 4.74 Å². The number of nitrogens with zero attached hydrogens (tertiary/aromatic N) is 3. The standard InChI is InChI=1S/C22H17N3O3/c1-13-6-15(7-14(2)21(13)26)19-8-16(9-20-18(19)4-3-5-25-20)22(27)28-17-10-23-12-24-11-17/h3-12,26H,1-2H3. The van der Waals surface area contributed by atoms with Crippen LogP contribution in [0.2, 0.25) is 0 Å². The molecule has 138 valence electrons. The first-order chi connectivity index (χ1) is 13.5. The Balaban J connectivity index is 1.85. The van der Waals surface area contributed by atoms with Gasteiger partial charge in [-0.15, -0.1) is 0 Å². The molecule has 0 spiro atoms. The highest BCUT2D eigenvalue weighted by molar-refractivity contribution is 6.02. The first-order valence-electron chi connectivity index (χ1n) is 8.69. The molecule has 4 aromatic rings. The second-order valence-corrected chi connectivity index (χ2v) is 6.52. The van der Waals surface area contributed by atoms with Crippen molar-refractivity contribution in [3.8, 4) is 22.6 Å². The van der Waals surface area contributed by atoms with E-state index in [0.29, 0.717) is 11.1 Å². The molecule has 1 N–H and O–H groups in total. The van der Waals surface area contributed by atoms with Crippen molar-refractivity contribution in [3.05, 3.63) is 78.0 Å². The maximum absolute atomic E-state index is 12.7. The van der Waals surface area contributed by atoms with Crippen molar-refractivity contribution in [2.24, 2.45) is 0 Å². The van der Waals surface area contributed by atoms with Crippen LogP contribution in [0.15, 0.2) is 61.3 Å². The van der Waals surface area contributed by atoms with Crippen LogP contribution in [0.3, 0.4) is 0 Å². The molecule has 6 nitrogen and oxygen atoms in total. The van der Waals surface area contributed by atoms with Gasteiger partial charge < -0.3 is 9.84 Å². The Morgan fingerprint density at radius 3 is 2.46 bits per heavy atom. The van der Waals surface area contributed by atoms with Crippen LogP contribution >= 0.6 is 0 Å². The summed E-state index contributed by atoms with van der Waals surface area (Å²) < 4.78 is 5.38. The van der Waals surface area contributed by atoms with Crippen molar-refractivity contribution in [1.29, 1.82) is 0 Å². The molecule has 2 aromatic carbocycles. The molecule has 0 bridgehead atoms. The van der Waals surface area contributed by atoms with Crippen molar-refractivity contribution in [1.82, 2.24) is 15.0 Å². The van der Waals surface area contributed by atoms with Gasteiger partial charge in [-0.2, -0.15) is 0 Å². The van der Waals surface area contributed by atoms with Gasteiger partial charge in [0.2, 0.25) is 0 Å². The fourth-order valence-corrected chi connectivity index (χ4v) is 3.15. The molecule has 0 atom stereocenters. The van der Waals surface area contributed by atoms with Crippen LogP contribution < -0.4 is 4.74 Å². The van der Waals surface area contributed by atoms with Gasteiger partial charge in [-0.25, -0.2) is 14.8 Å². The number of aryl methyl sites for hydroxylation is 2. The van der Waals surface area contributed by atoms with Crippen LogP contribution in [0.4, 0.5) is 0 Å². The summed E-state index contributed by atoms with van der Waals surface area (Å²) in [5.41, 5.74) is 4.31. The molecular formula is C22H17N3O3. The smallest absolute Gasteiger partial charge is 0.343 e. The van der Waals surface area contributed by atoms with Crippen LogP contribution in [-0.2, 0) is 0 Å². The Bertz CT molecular complexity index is 1170. The van der Waals surface area contributed by atoms with Gasteiger partial charge in [0.25, 0.3) is 0 Å². The average Bonchev–Trinajstić information content (AvgIpc) is 2.71. The third-order valence-corrected chi connectivity index (χ3v) is 4.51. The third-order valence-electron chi connectivity index (χ3n) is 4.51. The van der Waals surface area contributed by atoms with Crippen LogP contribution in [-0.4, -0.2) is 26.0 Å². The van der Waals surface area contributed by atoms with Gasteiger partial charge >= 0.3 is 5.97 Å². The zero-order valence-corrected chi connectivity index (χ0v) is 15.4. The van der Waals surface area contributed by atoms with E-state index < -0.39 is 5.97 Å². The molecule has 0 aliphatic heterocycles. The molecule has 0 saturated carbocycles. The van der Waals surface area contributed by atoms with E-state index in [2.05, 4.69) is 15.0 Å². The number of rotatable bonds is 3. The highest BCUT2D eigenvalue weighted by Crippen LogP contribution is 2.34. The molecule has 0 fully saturated rings. The molecule has 4 rings (SSSR count). The van der Waals surface area contributed by atoms with Crippen molar-refractivity contribution in [2.45, 2.75) is 13.8 Å². The van der Waals surface area contributed by atoms with Gasteiger partial charge in [0.15, 0.2) is 5.75 Å². The second-order valence-electron chi connectivity index (χ2n) is 6.52. The third kappa shape index (κ3) is 3.27. The number of aromatic nitrogens is 3.